The van der Waals surface area contributed by atoms with E-state index in [1.54, 1.807) is 0 Å². The second-order valence-electron chi connectivity index (χ2n) is 3.92. The quantitative estimate of drug-likeness (QED) is 0.878. The number of hydrogen-bond acceptors (Lipinski definition) is 4. The third-order valence-electron chi connectivity index (χ3n) is 2.55. The summed E-state index contributed by atoms with van der Waals surface area (Å²) >= 11 is 0. The summed E-state index contributed by atoms with van der Waals surface area (Å²) in [6, 6.07) is 4.52. The van der Waals surface area contributed by atoms with Crippen LogP contribution >= 0.6 is 0 Å². The maximum atomic E-state index is 13.5. The number of benzene rings is 1. The van der Waals surface area contributed by atoms with Gasteiger partial charge < -0.3 is 9.52 Å². The first-order chi connectivity index (χ1) is 9.45. The lowest BCUT2D eigenvalue weighted by atomic mass is 10.2. The van der Waals surface area contributed by atoms with E-state index in [4.69, 9.17) is 4.42 Å². The molecule has 8 heteroatoms. The monoisotopic (exact) mass is 303 g/mol. The largest absolute Gasteiger partial charge is 0.468 e. The lowest BCUT2D eigenvalue weighted by Gasteiger charge is -2.15. The number of nitrogens with one attached hydrogen (secondary N) is 1. The fraction of sp³-hybridized carbons (Fsp3) is 0.167. The number of aliphatic hydroxyl groups excluding tert-OH is 1. The van der Waals surface area contributed by atoms with E-state index in [0.717, 1.165) is 18.2 Å². The van der Waals surface area contributed by atoms with Crippen LogP contribution < -0.4 is 4.72 Å². The van der Waals surface area contributed by atoms with Crippen LogP contribution in [-0.2, 0) is 10.0 Å². The van der Waals surface area contributed by atoms with Gasteiger partial charge in [0.15, 0.2) is 4.90 Å². The predicted octanol–water partition coefficient (Wildman–Crippen LogP) is 1.57. The maximum Gasteiger partial charge on any atom is 0.247 e. The van der Waals surface area contributed by atoms with Crippen molar-refractivity contribution in [2.24, 2.45) is 0 Å². The molecule has 2 aromatic rings. The average Bonchev–Trinajstić information content (AvgIpc) is 2.89. The zero-order chi connectivity index (χ0) is 14.8. The Morgan fingerprint density at radius 3 is 2.35 bits per heavy atom. The number of halogens is 2. The van der Waals surface area contributed by atoms with E-state index in [9.17, 15) is 22.3 Å². The van der Waals surface area contributed by atoms with Crippen LogP contribution in [0.5, 0.6) is 0 Å². The van der Waals surface area contributed by atoms with Gasteiger partial charge in [-0.05, 0) is 24.3 Å². The van der Waals surface area contributed by atoms with E-state index >= 15 is 0 Å². The minimum absolute atomic E-state index is 0.132. The molecule has 20 heavy (non-hydrogen) atoms. The first-order valence-corrected chi connectivity index (χ1v) is 7.04. The molecule has 0 spiro atoms. The van der Waals surface area contributed by atoms with Crippen molar-refractivity contribution in [2.45, 2.75) is 10.9 Å². The van der Waals surface area contributed by atoms with Gasteiger partial charge in [0.05, 0.1) is 12.9 Å². The molecule has 5 nitrogen and oxygen atoms in total. The molecule has 1 aromatic heterocycles. The van der Waals surface area contributed by atoms with Gasteiger partial charge in [-0.3, -0.25) is 0 Å². The van der Waals surface area contributed by atoms with E-state index in [1.807, 2.05) is 4.72 Å². The second kappa shape index (κ2) is 5.70. The van der Waals surface area contributed by atoms with Crippen molar-refractivity contribution in [3.05, 3.63) is 54.0 Å². The van der Waals surface area contributed by atoms with Gasteiger partial charge in [-0.2, -0.15) is 4.72 Å². The van der Waals surface area contributed by atoms with Crippen molar-refractivity contribution in [1.82, 2.24) is 4.72 Å². The standard InChI is InChI=1S/C12H11F2NO4S/c13-8-3-1-4-9(14)12(8)20(17,18)15-10(7-16)11-5-2-6-19-11/h1-6,10,15-16H,7H2. The van der Waals surface area contributed by atoms with Crippen LogP contribution in [0.3, 0.4) is 0 Å². The first-order valence-electron chi connectivity index (χ1n) is 5.56. The van der Waals surface area contributed by atoms with Gasteiger partial charge in [0.1, 0.15) is 23.4 Å². The van der Waals surface area contributed by atoms with Gasteiger partial charge in [-0.25, -0.2) is 17.2 Å². The second-order valence-corrected chi connectivity index (χ2v) is 5.57. The number of furan rings is 1. The first kappa shape index (κ1) is 14.6. The third-order valence-corrected chi connectivity index (χ3v) is 4.08. The molecule has 0 aliphatic rings. The summed E-state index contributed by atoms with van der Waals surface area (Å²) in [5.41, 5.74) is 0. The van der Waals surface area contributed by atoms with E-state index in [-0.39, 0.29) is 5.76 Å². The van der Waals surface area contributed by atoms with E-state index in [2.05, 4.69) is 0 Å². The highest BCUT2D eigenvalue weighted by Gasteiger charge is 2.28. The Bertz CT molecular complexity index is 665. The zero-order valence-corrected chi connectivity index (χ0v) is 10.9. The number of aliphatic hydroxyl groups is 1. The van der Waals surface area contributed by atoms with Gasteiger partial charge in [-0.1, -0.05) is 6.07 Å². The molecule has 2 rings (SSSR count). The predicted molar refractivity (Wildman–Crippen MR) is 65.2 cm³/mol. The van der Waals surface area contributed by atoms with Crippen LogP contribution in [0.25, 0.3) is 0 Å². The molecular formula is C12H11F2NO4S. The third kappa shape index (κ3) is 2.87. The Hall–Kier alpha value is -1.77. The van der Waals surface area contributed by atoms with E-state index < -0.39 is 39.2 Å². The molecule has 1 atom stereocenters. The summed E-state index contributed by atoms with van der Waals surface area (Å²) in [5.74, 6) is -2.30. The van der Waals surface area contributed by atoms with Crippen LogP contribution in [-0.4, -0.2) is 20.1 Å². The molecule has 0 saturated carbocycles. The van der Waals surface area contributed by atoms with Crippen molar-refractivity contribution in [1.29, 1.82) is 0 Å². The highest BCUT2D eigenvalue weighted by atomic mass is 32.2. The van der Waals surface area contributed by atoms with Crippen LogP contribution in [0.2, 0.25) is 0 Å². The van der Waals surface area contributed by atoms with Crippen molar-refractivity contribution in [2.75, 3.05) is 6.61 Å². The normalized spacial score (nSPS) is 13.3. The Morgan fingerprint density at radius 2 is 1.85 bits per heavy atom. The summed E-state index contributed by atoms with van der Waals surface area (Å²) in [6.45, 7) is -0.622. The summed E-state index contributed by atoms with van der Waals surface area (Å²) < 4.78 is 57.9. The van der Waals surface area contributed by atoms with Crippen molar-refractivity contribution >= 4 is 10.0 Å². The fourth-order valence-electron chi connectivity index (χ4n) is 1.66. The van der Waals surface area contributed by atoms with Gasteiger partial charge in [0, 0.05) is 0 Å². The Morgan fingerprint density at radius 1 is 1.20 bits per heavy atom. The number of rotatable bonds is 5. The lowest BCUT2D eigenvalue weighted by molar-refractivity contribution is 0.241. The topological polar surface area (TPSA) is 79.5 Å². The number of hydrogen-bond donors (Lipinski definition) is 2. The Labute approximate surface area is 113 Å². The Balaban J connectivity index is 2.36. The van der Waals surface area contributed by atoms with Crippen LogP contribution in [0.15, 0.2) is 45.9 Å². The molecule has 0 aliphatic carbocycles. The highest BCUT2D eigenvalue weighted by Crippen LogP contribution is 2.21. The Kier molecular flexibility index (Phi) is 4.17. The van der Waals surface area contributed by atoms with Crippen LogP contribution in [0.4, 0.5) is 8.78 Å². The molecule has 2 N–H and O–H groups in total. The minimum atomic E-state index is -4.48. The van der Waals surface area contributed by atoms with E-state index in [1.165, 1.54) is 18.4 Å². The molecule has 1 heterocycles. The summed E-state index contributed by atoms with van der Waals surface area (Å²) in [7, 11) is -4.48. The van der Waals surface area contributed by atoms with Crippen molar-refractivity contribution < 1.29 is 26.7 Å². The molecule has 108 valence electrons. The van der Waals surface area contributed by atoms with Gasteiger partial charge in [0.25, 0.3) is 0 Å². The molecule has 0 radical (unpaired) electrons. The van der Waals surface area contributed by atoms with E-state index in [0.29, 0.717) is 0 Å². The van der Waals surface area contributed by atoms with Gasteiger partial charge in [0.2, 0.25) is 10.0 Å². The molecule has 1 aromatic carbocycles. The molecule has 0 amide bonds. The molecule has 0 saturated heterocycles. The fourth-order valence-corrected chi connectivity index (χ4v) is 2.99. The minimum Gasteiger partial charge on any atom is -0.468 e. The molecule has 0 bridgehead atoms. The molecule has 0 fully saturated rings. The van der Waals surface area contributed by atoms with Crippen molar-refractivity contribution in [3.8, 4) is 0 Å². The SMILES string of the molecule is O=S(=O)(NC(CO)c1ccco1)c1c(F)cccc1F. The molecular weight excluding hydrogens is 292 g/mol. The molecule has 1 unspecified atom stereocenters. The summed E-state index contributed by atoms with van der Waals surface area (Å²) in [6.07, 6.45) is 1.29. The molecule has 0 aliphatic heterocycles. The highest BCUT2D eigenvalue weighted by molar-refractivity contribution is 7.89. The number of sulfonamides is 1. The summed E-state index contributed by atoms with van der Waals surface area (Å²) in [4.78, 5) is -1.09. The van der Waals surface area contributed by atoms with Gasteiger partial charge in [-0.15, -0.1) is 0 Å². The van der Waals surface area contributed by atoms with Crippen LogP contribution in [0.1, 0.15) is 11.8 Å². The lowest BCUT2D eigenvalue weighted by Crippen LogP contribution is -2.31. The summed E-state index contributed by atoms with van der Waals surface area (Å²) in [5, 5.41) is 9.17. The van der Waals surface area contributed by atoms with Crippen LogP contribution in [0, 0.1) is 11.6 Å². The van der Waals surface area contributed by atoms with Gasteiger partial charge >= 0.3 is 0 Å². The van der Waals surface area contributed by atoms with Crippen molar-refractivity contribution in [3.63, 3.8) is 0 Å². The smallest absolute Gasteiger partial charge is 0.247 e. The average molecular weight is 303 g/mol. The zero-order valence-electron chi connectivity index (χ0n) is 10.1. The maximum absolute atomic E-state index is 13.5.